The molecule has 0 aromatic carbocycles. The number of thiazole rings is 1. The maximum atomic E-state index is 12.7. The molecule has 3 heterocycles. The molecule has 0 saturated carbocycles. The summed E-state index contributed by atoms with van der Waals surface area (Å²) in [5.74, 6) is 0.714. The van der Waals surface area contributed by atoms with Gasteiger partial charge in [0, 0.05) is 22.6 Å². The van der Waals surface area contributed by atoms with Gasteiger partial charge >= 0.3 is 0 Å². The molecule has 0 N–H and O–H groups in total. The van der Waals surface area contributed by atoms with E-state index in [2.05, 4.69) is 23.9 Å². The van der Waals surface area contributed by atoms with Crippen LogP contribution >= 0.6 is 34.4 Å². The summed E-state index contributed by atoms with van der Waals surface area (Å²) in [4.78, 5) is 23.9. The molecule has 0 saturated heterocycles. The lowest BCUT2D eigenvalue weighted by Crippen LogP contribution is -2.22. The first-order chi connectivity index (χ1) is 11.1. The van der Waals surface area contributed by atoms with Gasteiger partial charge in [0.2, 0.25) is 0 Å². The molecule has 4 nitrogen and oxygen atoms in total. The molecule has 120 valence electrons. The molecule has 0 aliphatic carbocycles. The van der Waals surface area contributed by atoms with Gasteiger partial charge in [-0.25, -0.2) is 9.97 Å². The lowest BCUT2D eigenvalue weighted by molar-refractivity contribution is 0.672. The number of thiophene rings is 1. The van der Waals surface area contributed by atoms with Crippen LogP contribution in [0, 0.1) is 6.92 Å². The van der Waals surface area contributed by atoms with Crippen molar-refractivity contribution in [1.82, 2.24) is 14.5 Å². The molecule has 3 aromatic rings. The summed E-state index contributed by atoms with van der Waals surface area (Å²) in [5, 5.41) is 4.55. The Kier molecular flexibility index (Phi) is 4.99. The molecule has 0 aliphatic rings. The third kappa shape index (κ3) is 3.41. The first-order valence-corrected chi connectivity index (χ1v) is 9.98. The van der Waals surface area contributed by atoms with Crippen molar-refractivity contribution in [2.24, 2.45) is 0 Å². The van der Waals surface area contributed by atoms with Gasteiger partial charge in [-0.15, -0.1) is 29.3 Å². The first kappa shape index (κ1) is 16.4. The average Bonchev–Trinajstić information content (AvgIpc) is 3.14. The van der Waals surface area contributed by atoms with Crippen molar-refractivity contribution in [2.45, 2.75) is 37.7 Å². The van der Waals surface area contributed by atoms with Crippen LogP contribution in [0.1, 0.15) is 22.5 Å². The molecule has 0 aliphatic heterocycles. The molecular formula is C16H17N3OS3. The largest absolute Gasteiger partial charge is 0.283 e. The van der Waals surface area contributed by atoms with Crippen molar-refractivity contribution in [3.05, 3.63) is 50.0 Å². The summed E-state index contributed by atoms with van der Waals surface area (Å²) in [6.45, 7) is 8.31. The minimum absolute atomic E-state index is 0.0165. The zero-order valence-corrected chi connectivity index (χ0v) is 15.5. The maximum absolute atomic E-state index is 12.7. The third-order valence-corrected chi connectivity index (χ3v) is 6.35. The Balaban J connectivity index is 2.00. The highest BCUT2D eigenvalue weighted by molar-refractivity contribution is 7.98. The predicted octanol–water partition coefficient (Wildman–Crippen LogP) is 4.26. The summed E-state index contributed by atoms with van der Waals surface area (Å²) < 4.78 is 1.70. The number of rotatable bonds is 6. The van der Waals surface area contributed by atoms with E-state index in [4.69, 9.17) is 4.98 Å². The molecule has 0 unspecified atom stereocenters. The van der Waals surface area contributed by atoms with Crippen LogP contribution in [0.15, 0.2) is 34.1 Å². The Bertz CT molecular complexity index is 907. The summed E-state index contributed by atoms with van der Waals surface area (Å²) in [5.41, 5.74) is 1.04. The smallest absolute Gasteiger partial charge is 0.263 e. The molecule has 0 radical (unpaired) electrons. The fraction of sp³-hybridized carbons (Fsp3) is 0.312. The van der Waals surface area contributed by atoms with Crippen molar-refractivity contribution < 1.29 is 0 Å². The summed E-state index contributed by atoms with van der Waals surface area (Å²) in [7, 11) is 0. The number of allylic oxidation sites excluding steroid dienone is 1. The van der Waals surface area contributed by atoms with Crippen LogP contribution < -0.4 is 5.56 Å². The lowest BCUT2D eigenvalue weighted by atomic mass is 10.3. The monoisotopic (exact) mass is 363 g/mol. The standard InChI is InChI=1S/C16H17N3OS3/c1-4-6-19-15(20)13-7-12(5-2)23-14(13)18-16(19)22-9-11-8-21-10(3)17-11/h4,7-8H,1,5-6,9H2,2-3H3. The topological polar surface area (TPSA) is 47.8 Å². The highest BCUT2D eigenvalue weighted by atomic mass is 32.2. The second-order valence-corrected chi connectivity index (χ2v) is 8.15. The zero-order chi connectivity index (χ0) is 16.4. The van der Waals surface area contributed by atoms with Gasteiger partial charge in [-0.05, 0) is 19.4 Å². The lowest BCUT2D eigenvalue weighted by Gasteiger charge is -2.09. The van der Waals surface area contributed by atoms with Crippen LogP contribution in [-0.4, -0.2) is 14.5 Å². The van der Waals surface area contributed by atoms with Crippen LogP contribution in [0.2, 0.25) is 0 Å². The summed E-state index contributed by atoms with van der Waals surface area (Å²) in [6.07, 6.45) is 2.65. The van der Waals surface area contributed by atoms with Crippen LogP contribution in [0.5, 0.6) is 0 Å². The molecule has 0 atom stereocenters. The van der Waals surface area contributed by atoms with Gasteiger partial charge in [0.15, 0.2) is 5.16 Å². The van der Waals surface area contributed by atoms with Crippen molar-refractivity contribution in [3.8, 4) is 0 Å². The molecule has 0 fully saturated rings. The molecular weight excluding hydrogens is 346 g/mol. The second-order valence-electron chi connectivity index (χ2n) is 5.03. The molecule has 3 aromatic heterocycles. The van der Waals surface area contributed by atoms with Crippen LogP contribution in [-0.2, 0) is 18.7 Å². The van der Waals surface area contributed by atoms with Gasteiger partial charge in [-0.3, -0.25) is 9.36 Å². The molecule has 7 heteroatoms. The highest BCUT2D eigenvalue weighted by Gasteiger charge is 2.14. The van der Waals surface area contributed by atoms with Gasteiger partial charge in [0.05, 0.1) is 16.1 Å². The van der Waals surface area contributed by atoms with E-state index in [1.807, 2.05) is 13.0 Å². The van der Waals surface area contributed by atoms with E-state index in [9.17, 15) is 4.79 Å². The number of fused-ring (bicyclic) bond motifs is 1. The number of aromatic nitrogens is 3. The zero-order valence-electron chi connectivity index (χ0n) is 13.0. The SMILES string of the molecule is C=CCn1c(SCc2csc(C)n2)nc2sc(CC)cc2c1=O. The van der Waals surface area contributed by atoms with E-state index < -0.39 is 0 Å². The van der Waals surface area contributed by atoms with Gasteiger partial charge < -0.3 is 0 Å². The Morgan fingerprint density at radius 1 is 1.43 bits per heavy atom. The Morgan fingerprint density at radius 3 is 2.91 bits per heavy atom. The number of thioether (sulfide) groups is 1. The summed E-state index contributed by atoms with van der Waals surface area (Å²) in [6, 6.07) is 1.97. The van der Waals surface area contributed by atoms with Crippen LogP contribution in [0.25, 0.3) is 10.2 Å². The van der Waals surface area contributed by atoms with E-state index in [1.165, 1.54) is 4.88 Å². The molecule has 23 heavy (non-hydrogen) atoms. The summed E-state index contributed by atoms with van der Waals surface area (Å²) >= 11 is 4.79. The molecule has 0 spiro atoms. The minimum atomic E-state index is 0.0165. The molecule has 3 rings (SSSR count). The van der Waals surface area contributed by atoms with E-state index in [-0.39, 0.29) is 5.56 Å². The number of nitrogens with zero attached hydrogens (tertiary/aromatic N) is 3. The predicted molar refractivity (Wildman–Crippen MR) is 99.9 cm³/mol. The quantitative estimate of drug-likeness (QED) is 0.373. The van der Waals surface area contributed by atoms with Crippen LogP contribution in [0.4, 0.5) is 0 Å². The van der Waals surface area contributed by atoms with Gasteiger partial charge in [0.1, 0.15) is 4.83 Å². The second kappa shape index (κ2) is 6.98. The van der Waals surface area contributed by atoms with Gasteiger partial charge in [-0.1, -0.05) is 24.8 Å². The fourth-order valence-electron chi connectivity index (χ4n) is 2.23. The first-order valence-electron chi connectivity index (χ1n) is 7.30. The van der Waals surface area contributed by atoms with E-state index >= 15 is 0 Å². The van der Waals surface area contributed by atoms with Gasteiger partial charge in [0.25, 0.3) is 5.56 Å². The van der Waals surface area contributed by atoms with Crippen molar-refractivity contribution in [1.29, 1.82) is 0 Å². The van der Waals surface area contributed by atoms with E-state index in [0.29, 0.717) is 17.7 Å². The molecule has 0 amide bonds. The van der Waals surface area contributed by atoms with Gasteiger partial charge in [-0.2, -0.15) is 0 Å². The fourth-order valence-corrected chi connectivity index (χ4v) is 4.86. The van der Waals surface area contributed by atoms with Crippen molar-refractivity contribution in [2.75, 3.05) is 0 Å². The minimum Gasteiger partial charge on any atom is -0.283 e. The van der Waals surface area contributed by atoms with E-state index in [0.717, 1.165) is 27.1 Å². The normalized spacial score (nSPS) is 11.2. The highest BCUT2D eigenvalue weighted by Crippen LogP contribution is 2.27. The number of hydrogen-bond acceptors (Lipinski definition) is 6. The van der Waals surface area contributed by atoms with Crippen molar-refractivity contribution >= 4 is 44.7 Å². The van der Waals surface area contributed by atoms with Crippen LogP contribution in [0.3, 0.4) is 0 Å². The maximum Gasteiger partial charge on any atom is 0.263 e. The Hall–Kier alpha value is -1.44. The third-order valence-electron chi connectivity index (χ3n) is 3.34. The Morgan fingerprint density at radius 2 is 2.26 bits per heavy atom. The number of hydrogen-bond donors (Lipinski definition) is 0. The van der Waals surface area contributed by atoms with E-state index in [1.54, 1.807) is 45.1 Å². The molecule has 0 bridgehead atoms. The Labute approximate surface area is 146 Å². The van der Waals surface area contributed by atoms with Crippen molar-refractivity contribution in [3.63, 3.8) is 0 Å². The average molecular weight is 364 g/mol. The number of aryl methyl sites for hydroxylation is 2.